The third-order valence-corrected chi connectivity index (χ3v) is 3.57. The molecule has 1 atom stereocenters. The Morgan fingerprint density at radius 3 is 2.05 bits per heavy atom. The van der Waals surface area contributed by atoms with E-state index in [1.807, 2.05) is 0 Å². The van der Waals surface area contributed by atoms with Crippen molar-refractivity contribution < 1.29 is 9.90 Å². The van der Waals surface area contributed by atoms with E-state index < -0.39 is 5.97 Å². The van der Waals surface area contributed by atoms with Crippen LogP contribution >= 0.6 is 0 Å². The zero-order valence-electron chi connectivity index (χ0n) is 12.9. The summed E-state index contributed by atoms with van der Waals surface area (Å²) in [5.74, 6) is -0.834. The van der Waals surface area contributed by atoms with Gasteiger partial charge in [0.15, 0.2) is 0 Å². The summed E-state index contributed by atoms with van der Waals surface area (Å²) in [7, 11) is 0. The molecule has 0 spiro atoms. The second-order valence-corrected chi connectivity index (χ2v) is 5.55. The normalized spacial score (nSPS) is 12.9. The molecule has 1 unspecified atom stereocenters. The number of hydrogen-bond acceptors (Lipinski definition) is 1. The first kappa shape index (κ1) is 18.2. The van der Waals surface area contributed by atoms with Gasteiger partial charge in [0, 0.05) is 0 Å². The minimum Gasteiger partial charge on any atom is -0.481 e. The number of carboxylic acid groups (broad SMARTS) is 1. The van der Waals surface area contributed by atoms with Crippen LogP contribution in [0, 0.1) is 5.92 Å². The summed E-state index contributed by atoms with van der Waals surface area (Å²) in [6, 6.07) is 0. The van der Waals surface area contributed by atoms with Crippen LogP contribution in [-0.2, 0) is 4.79 Å². The molecule has 0 bridgehead atoms. The molecule has 0 amide bonds. The Hall–Kier alpha value is -0.790. The lowest BCUT2D eigenvalue weighted by atomic mass is 10.0. The van der Waals surface area contributed by atoms with Crippen LogP contribution in [0.4, 0.5) is 0 Å². The molecule has 0 aliphatic carbocycles. The van der Waals surface area contributed by atoms with Crippen LogP contribution in [0.3, 0.4) is 0 Å². The van der Waals surface area contributed by atoms with Crippen LogP contribution in [0.15, 0.2) is 12.2 Å². The number of rotatable bonds is 13. The molecule has 0 fully saturated rings. The fourth-order valence-corrected chi connectivity index (χ4v) is 2.11. The van der Waals surface area contributed by atoms with Gasteiger partial charge in [-0.1, -0.05) is 64.5 Å². The molecule has 0 saturated carbocycles. The summed E-state index contributed by atoms with van der Waals surface area (Å²) >= 11 is 0. The van der Waals surface area contributed by atoms with Crippen molar-refractivity contribution in [1.29, 1.82) is 0 Å². The van der Waals surface area contributed by atoms with E-state index in [1.54, 1.807) is 6.92 Å². The molecule has 0 saturated heterocycles. The molecule has 0 aromatic carbocycles. The molecule has 0 rings (SSSR count). The lowest BCUT2D eigenvalue weighted by Crippen LogP contribution is -2.08. The maximum absolute atomic E-state index is 10.6. The highest BCUT2D eigenvalue weighted by atomic mass is 16.4. The molecule has 2 heteroatoms. The molecular weight excluding hydrogens is 236 g/mol. The standard InChI is InChI=1S/C17H32O2/c1-3-4-5-6-7-8-9-10-11-12-13-14-15-16(2)17(18)19/h7-8,16H,3-6,9-15H2,1-2H3,(H,18,19). The third kappa shape index (κ3) is 13.4. The number of hydrogen-bond donors (Lipinski definition) is 1. The number of aliphatic carboxylic acids is 1. The topological polar surface area (TPSA) is 37.3 Å². The summed E-state index contributed by atoms with van der Waals surface area (Å²) in [6.07, 6.45) is 17.9. The van der Waals surface area contributed by atoms with Crippen LogP contribution in [0.1, 0.15) is 84.5 Å². The van der Waals surface area contributed by atoms with Gasteiger partial charge in [-0.3, -0.25) is 4.79 Å². The van der Waals surface area contributed by atoms with E-state index in [-0.39, 0.29) is 5.92 Å². The lowest BCUT2D eigenvalue weighted by Gasteiger charge is -2.05. The molecular formula is C17H32O2. The Kier molecular flexibility index (Phi) is 13.1. The largest absolute Gasteiger partial charge is 0.481 e. The van der Waals surface area contributed by atoms with Gasteiger partial charge in [0.2, 0.25) is 0 Å². The van der Waals surface area contributed by atoms with Crippen molar-refractivity contribution in [1.82, 2.24) is 0 Å². The second-order valence-electron chi connectivity index (χ2n) is 5.55. The van der Waals surface area contributed by atoms with Gasteiger partial charge in [-0.2, -0.15) is 0 Å². The first-order valence-electron chi connectivity index (χ1n) is 8.06. The van der Waals surface area contributed by atoms with Crippen molar-refractivity contribution in [2.75, 3.05) is 0 Å². The van der Waals surface area contributed by atoms with Crippen molar-refractivity contribution in [2.24, 2.45) is 5.92 Å². The molecule has 0 aliphatic rings. The second kappa shape index (κ2) is 13.6. The molecule has 0 aliphatic heterocycles. The number of carbonyl (C=O) groups is 1. The minimum absolute atomic E-state index is 0.175. The molecule has 1 N–H and O–H groups in total. The summed E-state index contributed by atoms with van der Waals surface area (Å²) < 4.78 is 0. The molecule has 112 valence electrons. The quantitative estimate of drug-likeness (QED) is 0.350. The zero-order chi connectivity index (χ0) is 14.3. The average Bonchev–Trinajstić information content (AvgIpc) is 2.39. The van der Waals surface area contributed by atoms with E-state index in [2.05, 4.69) is 19.1 Å². The number of carboxylic acids is 1. The van der Waals surface area contributed by atoms with E-state index in [0.29, 0.717) is 0 Å². The van der Waals surface area contributed by atoms with Crippen molar-refractivity contribution in [3.8, 4) is 0 Å². The first-order valence-corrected chi connectivity index (χ1v) is 8.06. The molecule has 0 radical (unpaired) electrons. The third-order valence-electron chi connectivity index (χ3n) is 3.57. The minimum atomic E-state index is -0.659. The van der Waals surface area contributed by atoms with E-state index in [4.69, 9.17) is 5.11 Å². The summed E-state index contributed by atoms with van der Waals surface area (Å²) in [5.41, 5.74) is 0. The van der Waals surface area contributed by atoms with Crippen molar-refractivity contribution >= 4 is 5.97 Å². The van der Waals surface area contributed by atoms with Gasteiger partial charge in [0.25, 0.3) is 0 Å². The van der Waals surface area contributed by atoms with Crippen LogP contribution in [0.25, 0.3) is 0 Å². The summed E-state index contributed by atoms with van der Waals surface area (Å²) in [4.78, 5) is 10.6. The Morgan fingerprint density at radius 2 is 1.47 bits per heavy atom. The highest BCUT2D eigenvalue weighted by Crippen LogP contribution is 2.12. The van der Waals surface area contributed by atoms with E-state index in [0.717, 1.165) is 12.8 Å². The fourth-order valence-electron chi connectivity index (χ4n) is 2.11. The van der Waals surface area contributed by atoms with Gasteiger partial charge in [0.1, 0.15) is 0 Å². The molecule has 19 heavy (non-hydrogen) atoms. The van der Waals surface area contributed by atoms with Gasteiger partial charge in [-0.05, 0) is 32.1 Å². The van der Waals surface area contributed by atoms with E-state index >= 15 is 0 Å². The van der Waals surface area contributed by atoms with Crippen molar-refractivity contribution in [3.05, 3.63) is 12.2 Å². The van der Waals surface area contributed by atoms with E-state index in [9.17, 15) is 4.79 Å². The highest BCUT2D eigenvalue weighted by molar-refractivity contribution is 5.69. The predicted octanol–water partition coefficient (Wildman–Crippen LogP) is 5.57. The van der Waals surface area contributed by atoms with Gasteiger partial charge < -0.3 is 5.11 Å². The highest BCUT2D eigenvalue weighted by Gasteiger charge is 2.09. The SMILES string of the molecule is CCCCCC=CCCCCCCCC(C)C(=O)O. The molecule has 0 aromatic heterocycles. The molecule has 2 nitrogen and oxygen atoms in total. The Balaban J connectivity index is 3.16. The Labute approximate surface area is 119 Å². The zero-order valence-corrected chi connectivity index (χ0v) is 12.9. The Morgan fingerprint density at radius 1 is 0.947 bits per heavy atom. The molecule has 0 heterocycles. The van der Waals surface area contributed by atoms with E-state index in [1.165, 1.54) is 57.8 Å². The van der Waals surface area contributed by atoms with Gasteiger partial charge in [-0.25, -0.2) is 0 Å². The van der Waals surface area contributed by atoms with Crippen LogP contribution in [-0.4, -0.2) is 11.1 Å². The average molecular weight is 268 g/mol. The summed E-state index contributed by atoms with van der Waals surface area (Å²) in [6.45, 7) is 4.03. The smallest absolute Gasteiger partial charge is 0.306 e. The van der Waals surface area contributed by atoms with Crippen LogP contribution < -0.4 is 0 Å². The predicted molar refractivity (Wildman–Crippen MR) is 82.4 cm³/mol. The van der Waals surface area contributed by atoms with Gasteiger partial charge in [-0.15, -0.1) is 0 Å². The number of unbranched alkanes of at least 4 members (excludes halogenated alkanes) is 8. The Bertz CT molecular complexity index is 233. The monoisotopic (exact) mass is 268 g/mol. The summed E-state index contributed by atoms with van der Waals surface area (Å²) in [5, 5.41) is 8.75. The van der Waals surface area contributed by atoms with Crippen LogP contribution in [0.5, 0.6) is 0 Å². The van der Waals surface area contributed by atoms with Crippen molar-refractivity contribution in [2.45, 2.75) is 84.5 Å². The van der Waals surface area contributed by atoms with Crippen molar-refractivity contribution in [3.63, 3.8) is 0 Å². The van der Waals surface area contributed by atoms with Gasteiger partial charge in [0.05, 0.1) is 5.92 Å². The fraction of sp³-hybridized carbons (Fsp3) is 0.824. The maximum Gasteiger partial charge on any atom is 0.306 e. The lowest BCUT2D eigenvalue weighted by molar-refractivity contribution is -0.141. The maximum atomic E-state index is 10.6. The number of allylic oxidation sites excluding steroid dienone is 2. The van der Waals surface area contributed by atoms with Crippen LogP contribution in [0.2, 0.25) is 0 Å². The molecule has 0 aromatic rings. The first-order chi connectivity index (χ1) is 9.18. The van der Waals surface area contributed by atoms with Gasteiger partial charge >= 0.3 is 5.97 Å².